The van der Waals surface area contributed by atoms with Crippen LogP contribution < -0.4 is 0 Å². The second-order valence-electron chi connectivity index (χ2n) is 10.3. The molecule has 3 rings (SSSR count). The Kier molecular flexibility index (Phi) is 4.42. The van der Waals surface area contributed by atoms with E-state index in [1.807, 2.05) is 6.08 Å². The van der Waals surface area contributed by atoms with Crippen LogP contribution in [0.3, 0.4) is 0 Å². The lowest BCUT2D eigenvalue weighted by Gasteiger charge is -2.65. The van der Waals surface area contributed by atoms with Crippen LogP contribution in [0.1, 0.15) is 79.6 Å². The van der Waals surface area contributed by atoms with Crippen molar-refractivity contribution in [3.63, 3.8) is 0 Å². The van der Waals surface area contributed by atoms with E-state index < -0.39 is 5.60 Å². The lowest BCUT2D eigenvalue weighted by molar-refractivity contribution is -0.228. The van der Waals surface area contributed by atoms with Gasteiger partial charge in [0.2, 0.25) is 0 Å². The maximum Gasteiger partial charge on any atom is 0.302 e. The molecule has 0 radical (unpaired) electrons. The van der Waals surface area contributed by atoms with Crippen LogP contribution >= 0.6 is 0 Å². The predicted octanol–water partition coefficient (Wildman–Crippen LogP) is 4.88. The summed E-state index contributed by atoms with van der Waals surface area (Å²) >= 11 is 0. The predicted molar refractivity (Wildman–Crippen MR) is 100.0 cm³/mol. The lowest BCUT2D eigenvalue weighted by Crippen LogP contribution is -2.64. The fourth-order valence-electron chi connectivity index (χ4n) is 7.03. The van der Waals surface area contributed by atoms with Crippen molar-refractivity contribution in [2.75, 3.05) is 0 Å². The van der Waals surface area contributed by atoms with Crippen molar-refractivity contribution >= 4 is 5.97 Å². The van der Waals surface area contributed by atoms with Crippen LogP contribution in [0.15, 0.2) is 12.7 Å². The van der Waals surface area contributed by atoms with E-state index in [-0.39, 0.29) is 28.8 Å². The number of ether oxygens (including phenoxy) is 1. The van der Waals surface area contributed by atoms with E-state index in [1.165, 1.54) is 26.2 Å². The molecule has 3 fully saturated rings. The highest BCUT2D eigenvalue weighted by molar-refractivity contribution is 5.66. The zero-order valence-corrected chi connectivity index (χ0v) is 16.7. The van der Waals surface area contributed by atoms with Crippen LogP contribution in [-0.4, -0.2) is 22.8 Å². The first-order chi connectivity index (χ1) is 11.5. The summed E-state index contributed by atoms with van der Waals surface area (Å²) in [5, 5.41) is 11.7. The van der Waals surface area contributed by atoms with Crippen molar-refractivity contribution in [2.45, 2.75) is 91.3 Å². The van der Waals surface area contributed by atoms with E-state index in [9.17, 15) is 9.90 Å². The molecule has 6 atom stereocenters. The van der Waals surface area contributed by atoms with Gasteiger partial charge in [-0.25, -0.2) is 0 Å². The van der Waals surface area contributed by atoms with Crippen molar-refractivity contribution < 1.29 is 14.6 Å². The maximum absolute atomic E-state index is 11.7. The van der Waals surface area contributed by atoms with Gasteiger partial charge in [-0.3, -0.25) is 4.79 Å². The highest BCUT2D eigenvalue weighted by Crippen LogP contribution is 2.66. The molecule has 3 aliphatic carbocycles. The standard InChI is InChI=1S/C22H36O3/c1-7-20(5)14-22(24)12-9-16-19(3,4)10-8-11-21(16,6)17(22)13-18(20)25-15(2)23/h7,16-18,24H,1,8-14H2,2-6H3/t16-,17+,18+,20+,21-,22+/m0/s1. The summed E-state index contributed by atoms with van der Waals surface area (Å²) in [7, 11) is 0. The Bertz CT molecular complexity index is 568. The highest BCUT2D eigenvalue weighted by Gasteiger charge is 2.64. The Labute approximate surface area is 153 Å². The summed E-state index contributed by atoms with van der Waals surface area (Å²) in [5.41, 5.74) is -0.581. The third-order valence-electron chi connectivity index (χ3n) is 8.23. The molecule has 0 aromatic carbocycles. The van der Waals surface area contributed by atoms with Gasteiger partial charge in [0.15, 0.2) is 0 Å². The molecule has 0 saturated heterocycles. The number of carbonyl (C=O) groups is 1. The number of rotatable bonds is 2. The molecular weight excluding hydrogens is 312 g/mol. The van der Waals surface area contributed by atoms with Gasteiger partial charge in [-0.2, -0.15) is 0 Å². The van der Waals surface area contributed by atoms with E-state index in [1.54, 1.807) is 0 Å². The average Bonchev–Trinajstić information content (AvgIpc) is 2.47. The van der Waals surface area contributed by atoms with Crippen LogP contribution in [0.5, 0.6) is 0 Å². The number of esters is 1. The van der Waals surface area contributed by atoms with Crippen LogP contribution in [0.2, 0.25) is 0 Å². The Morgan fingerprint density at radius 1 is 1.16 bits per heavy atom. The molecule has 0 aromatic rings. The number of carbonyl (C=O) groups excluding carboxylic acids is 1. The first kappa shape index (κ1) is 18.9. The molecule has 0 unspecified atom stereocenters. The van der Waals surface area contributed by atoms with Crippen molar-refractivity contribution in [1.82, 2.24) is 0 Å². The number of hydrogen-bond acceptors (Lipinski definition) is 3. The molecular formula is C22H36O3. The molecule has 0 amide bonds. The Morgan fingerprint density at radius 2 is 1.84 bits per heavy atom. The third kappa shape index (κ3) is 2.87. The summed E-state index contributed by atoms with van der Waals surface area (Å²) in [6.07, 6.45) is 8.74. The van der Waals surface area contributed by atoms with E-state index >= 15 is 0 Å². The molecule has 0 heterocycles. The Morgan fingerprint density at radius 3 is 2.44 bits per heavy atom. The molecule has 1 N–H and O–H groups in total. The minimum atomic E-state index is -0.668. The Balaban J connectivity index is 1.99. The van der Waals surface area contributed by atoms with Gasteiger partial charge < -0.3 is 9.84 Å². The molecule has 142 valence electrons. The molecule has 3 nitrogen and oxygen atoms in total. The monoisotopic (exact) mass is 348 g/mol. The van der Waals surface area contributed by atoms with Crippen LogP contribution in [0, 0.1) is 28.1 Å². The molecule has 25 heavy (non-hydrogen) atoms. The summed E-state index contributed by atoms with van der Waals surface area (Å²) in [4.78, 5) is 11.7. The lowest BCUT2D eigenvalue weighted by atomic mass is 9.41. The van der Waals surface area contributed by atoms with Crippen LogP contribution in [0.25, 0.3) is 0 Å². The summed E-state index contributed by atoms with van der Waals surface area (Å²) in [6, 6.07) is 0. The molecule has 3 saturated carbocycles. The van der Waals surface area contributed by atoms with E-state index in [0.717, 1.165) is 19.3 Å². The van der Waals surface area contributed by atoms with Gasteiger partial charge in [0, 0.05) is 12.3 Å². The molecule has 0 spiro atoms. The van der Waals surface area contributed by atoms with Gasteiger partial charge in [-0.05, 0) is 61.2 Å². The van der Waals surface area contributed by atoms with Gasteiger partial charge in [-0.15, -0.1) is 6.58 Å². The van der Waals surface area contributed by atoms with Gasteiger partial charge in [0.25, 0.3) is 0 Å². The second-order valence-corrected chi connectivity index (χ2v) is 10.3. The van der Waals surface area contributed by atoms with Crippen molar-refractivity contribution in [3.8, 4) is 0 Å². The number of fused-ring (bicyclic) bond motifs is 3. The van der Waals surface area contributed by atoms with Gasteiger partial charge in [-0.1, -0.05) is 40.2 Å². The first-order valence-electron chi connectivity index (χ1n) is 10.0. The van der Waals surface area contributed by atoms with Crippen molar-refractivity contribution in [1.29, 1.82) is 0 Å². The SMILES string of the molecule is C=C[C@]1(C)C[C@]2(O)CC[C@H]3C(C)(C)CCC[C@]3(C)[C@H]2C[C@H]1OC(C)=O. The topological polar surface area (TPSA) is 46.5 Å². The van der Waals surface area contributed by atoms with E-state index in [0.29, 0.717) is 17.8 Å². The van der Waals surface area contributed by atoms with Crippen molar-refractivity contribution in [2.24, 2.45) is 28.1 Å². The normalized spacial score (nSPS) is 48.8. The third-order valence-corrected chi connectivity index (χ3v) is 8.23. The minimum absolute atomic E-state index is 0.121. The van der Waals surface area contributed by atoms with Crippen LogP contribution in [-0.2, 0) is 9.53 Å². The fraction of sp³-hybridized carbons (Fsp3) is 0.864. The number of hydrogen-bond donors (Lipinski definition) is 1. The van der Waals surface area contributed by atoms with E-state index in [4.69, 9.17) is 4.74 Å². The molecule has 0 bridgehead atoms. The fourth-order valence-corrected chi connectivity index (χ4v) is 7.03. The van der Waals surface area contributed by atoms with Gasteiger partial charge >= 0.3 is 5.97 Å². The van der Waals surface area contributed by atoms with Crippen LogP contribution in [0.4, 0.5) is 0 Å². The second kappa shape index (κ2) is 5.84. The zero-order chi connectivity index (χ0) is 18.7. The molecule has 0 aliphatic heterocycles. The Hall–Kier alpha value is -0.830. The van der Waals surface area contributed by atoms with E-state index in [2.05, 4.69) is 34.3 Å². The average molecular weight is 349 g/mol. The highest BCUT2D eigenvalue weighted by atomic mass is 16.5. The zero-order valence-electron chi connectivity index (χ0n) is 16.7. The quantitative estimate of drug-likeness (QED) is 0.571. The van der Waals surface area contributed by atoms with Crippen molar-refractivity contribution in [3.05, 3.63) is 12.7 Å². The van der Waals surface area contributed by atoms with Gasteiger partial charge in [0.05, 0.1) is 5.60 Å². The van der Waals surface area contributed by atoms with Gasteiger partial charge in [0.1, 0.15) is 6.10 Å². The summed E-state index contributed by atoms with van der Waals surface area (Å²) in [5.74, 6) is 0.589. The first-order valence-corrected chi connectivity index (χ1v) is 10.0. The molecule has 3 aliphatic rings. The maximum atomic E-state index is 11.7. The molecule has 0 aromatic heterocycles. The molecule has 3 heteroatoms. The minimum Gasteiger partial charge on any atom is -0.462 e. The smallest absolute Gasteiger partial charge is 0.302 e. The largest absolute Gasteiger partial charge is 0.462 e. The number of aliphatic hydroxyl groups is 1. The summed E-state index contributed by atoms with van der Waals surface area (Å²) < 4.78 is 5.75. The summed E-state index contributed by atoms with van der Waals surface area (Å²) in [6.45, 7) is 14.8.